The average molecular weight is 772 g/mol. The molecule has 276 valence electrons. The van der Waals surface area contributed by atoms with Crippen LogP contribution in [-0.4, -0.2) is 25.0 Å². The first-order valence-corrected chi connectivity index (χ1v) is 18.1. The molecule has 0 aliphatic heterocycles. The van der Waals surface area contributed by atoms with Crippen molar-refractivity contribution in [2.45, 2.75) is 32.8 Å². The molecule has 5 aromatic carbocycles. The van der Waals surface area contributed by atoms with Gasteiger partial charge in [0.05, 0.1) is 28.9 Å². The molecule has 0 atom stereocenters. The van der Waals surface area contributed by atoms with E-state index in [9.17, 15) is 0 Å². The standard InChI is InChI=1S/C16H12N2S.C10H8N2.C8H7N.C6H7NS.C2H2ClN.2CH4.H2/c1-3-7-14-12(5-1)9-10-18(14)11-16-17-13-6-2-4-8-15(13)19-16;11-6-8-12-7-5-9-3-1-2-4-10(9)12;1-2-4-8-7(3-1)5-6-9-8;7-5-3-1-2-4-6(5)8;3-1-2-4;;;/h1-10H,11H2;1-5,7H,8H2;1-6,9H;1-4,8H,7H2;1H2;2*1H4;1H. The number of nitrogens with zero attached hydrogens (tertiary/aromatic N) is 5. The number of thiol groups is 1. The molecule has 9 rings (SSSR count). The molecule has 0 amide bonds. The molecule has 10 heteroatoms. The molecule has 0 saturated carbocycles. The number of nitrogens with two attached hydrogens (primary N) is 1. The molecule has 4 aromatic heterocycles. The number of halogens is 1. The van der Waals surface area contributed by atoms with E-state index in [1.54, 1.807) is 17.4 Å². The number of H-pyrrole nitrogens is 1. The fourth-order valence-electron chi connectivity index (χ4n) is 5.25. The third-order valence-corrected chi connectivity index (χ3v) is 9.25. The lowest BCUT2D eigenvalue weighted by Gasteiger charge is -2.01. The lowest BCUT2D eigenvalue weighted by atomic mass is 10.2. The first-order valence-electron chi connectivity index (χ1n) is 16.3. The number of thiazole rings is 1. The Morgan fingerprint density at radius 3 is 1.85 bits per heavy atom. The third kappa shape index (κ3) is 11.8. The van der Waals surface area contributed by atoms with Crippen LogP contribution in [0.5, 0.6) is 0 Å². The smallest absolute Gasteiger partial charge is 0.114 e. The number of nitrogens with one attached hydrogen (secondary N) is 1. The zero-order valence-corrected chi connectivity index (χ0v) is 30.6. The lowest BCUT2D eigenvalue weighted by molar-refractivity contribution is 0.831. The van der Waals surface area contributed by atoms with Crippen LogP contribution in [0.15, 0.2) is 163 Å². The van der Waals surface area contributed by atoms with Crippen molar-refractivity contribution in [2.24, 2.45) is 0 Å². The Balaban J connectivity index is 0.000000254. The van der Waals surface area contributed by atoms with Crippen molar-refractivity contribution in [1.29, 1.82) is 10.5 Å². The number of nitrogen functional groups attached to an aromatic ring is 1. The normalized spacial score (nSPS) is 9.63. The number of nitriles is 2. The van der Waals surface area contributed by atoms with E-state index in [4.69, 9.17) is 32.8 Å². The van der Waals surface area contributed by atoms with Crippen LogP contribution in [0.4, 0.5) is 5.69 Å². The highest BCUT2D eigenvalue weighted by Gasteiger charge is 2.06. The summed E-state index contributed by atoms with van der Waals surface area (Å²) in [6.45, 7) is 1.26. The quantitative estimate of drug-likeness (QED) is 0.0943. The van der Waals surface area contributed by atoms with Crippen LogP contribution < -0.4 is 5.73 Å². The van der Waals surface area contributed by atoms with Gasteiger partial charge in [0.1, 0.15) is 17.4 Å². The lowest BCUT2D eigenvalue weighted by Crippen LogP contribution is -1.96. The molecule has 0 radical (unpaired) electrons. The number of alkyl halides is 1. The minimum atomic E-state index is 0. The Kier molecular flexibility index (Phi) is 17.4. The fourth-order valence-corrected chi connectivity index (χ4v) is 6.38. The van der Waals surface area contributed by atoms with E-state index in [2.05, 4.69) is 101 Å². The highest BCUT2D eigenvalue weighted by molar-refractivity contribution is 7.80. The molecule has 0 saturated heterocycles. The van der Waals surface area contributed by atoms with Crippen LogP contribution in [0.1, 0.15) is 21.3 Å². The van der Waals surface area contributed by atoms with Crippen molar-refractivity contribution in [3.8, 4) is 12.1 Å². The number of rotatable bonds is 3. The minimum absolute atomic E-state index is 0. The fraction of sp³-hybridized carbons (Fsp3) is 0.114. The summed E-state index contributed by atoms with van der Waals surface area (Å²) in [6.07, 6.45) is 6.02. The third-order valence-electron chi connectivity index (χ3n) is 7.70. The van der Waals surface area contributed by atoms with E-state index in [-0.39, 0.29) is 22.2 Å². The second-order valence-electron chi connectivity index (χ2n) is 11.2. The van der Waals surface area contributed by atoms with Crippen LogP contribution in [0.25, 0.3) is 42.9 Å². The van der Waals surface area contributed by atoms with Crippen molar-refractivity contribution >= 4 is 84.2 Å². The Morgan fingerprint density at radius 1 is 0.704 bits per heavy atom. The number of hydrogen-bond acceptors (Lipinski definition) is 6. The molecule has 0 unspecified atom stereocenters. The van der Waals surface area contributed by atoms with Crippen LogP contribution in [-0.2, 0) is 13.1 Å². The summed E-state index contributed by atoms with van der Waals surface area (Å²) in [5.41, 5.74) is 10.9. The summed E-state index contributed by atoms with van der Waals surface area (Å²) in [6, 6.07) is 50.6. The van der Waals surface area contributed by atoms with E-state index < -0.39 is 0 Å². The summed E-state index contributed by atoms with van der Waals surface area (Å²) >= 11 is 10.7. The number of aromatic amines is 1. The summed E-state index contributed by atoms with van der Waals surface area (Å²) in [7, 11) is 0. The van der Waals surface area contributed by atoms with Gasteiger partial charge in [0.2, 0.25) is 0 Å². The topological polar surface area (TPSA) is 112 Å². The van der Waals surface area contributed by atoms with Crippen LogP contribution in [0.3, 0.4) is 0 Å². The second kappa shape index (κ2) is 22.2. The van der Waals surface area contributed by atoms with Crippen LogP contribution in [0, 0.1) is 22.7 Å². The van der Waals surface area contributed by atoms with Crippen LogP contribution in [0.2, 0.25) is 0 Å². The number of hydrogen-bond donors (Lipinski definition) is 3. The van der Waals surface area contributed by atoms with E-state index in [1.165, 1.54) is 31.9 Å². The Bertz CT molecular complexity index is 2470. The molecule has 0 bridgehead atoms. The molecule has 0 aliphatic rings. The number of benzene rings is 5. The second-order valence-corrected chi connectivity index (χ2v) is 13.0. The van der Waals surface area contributed by atoms with Crippen molar-refractivity contribution in [2.75, 3.05) is 11.6 Å². The number of aromatic nitrogens is 4. The maximum Gasteiger partial charge on any atom is 0.114 e. The molecule has 0 aliphatic carbocycles. The molecule has 0 fully saturated rings. The highest BCUT2D eigenvalue weighted by atomic mass is 35.5. The van der Waals surface area contributed by atoms with Gasteiger partial charge in [-0.1, -0.05) is 93.7 Å². The molecular formula is C44H46ClN7S2. The minimum Gasteiger partial charge on any atom is -0.398 e. The van der Waals surface area contributed by atoms with E-state index in [0.717, 1.165) is 33.2 Å². The van der Waals surface area contributed by atoms with Gasteiger partial charge in [-0.15, -0.1) is 35.6 Å². The van der Waals surface area contributed by atoms with E-state index in [1.807, 2.05) is 89.8 Å². The van der Waals surface area contributed by atoms with Gasteiger partial charge in [-0.3, -0.25) is 0 Å². The van der Waals surface area contributed by atoms with Gasteiger partial charge >= 0.3 is 0 Å². The van der Waals surface area contributed by atoms with E-state index >= 15 is 0 Å². The summed E-state index contributed by atoms with van der Waals surface area (Å²) in [5.74, 6) is 0.0972. The van der Waals surface area contributed by atoms with Gasteiger partial charge < -0.3 is 19.9 Å². The van der Waals surface area contributed by atoms with Crippen molar-refractivity contribution in [3.63, 3.8) is 0 Å². The van der Waals surface area contributed by atoms with Gasteiger partial charge in [0, 0.05) is 47.2 Å². The predicted octanol–water partition coefficient (Wildman–Crippen LogP) is 12.5. The van der Waals surface area contributed by atoms with Gasteiger partial charge in [0.25, 0.3) is 0 Å². The summed E-state index contributed by atoms with van der Waals surface area (Å²) < 4.78 is 5.46. The predicted molar refractivity (Wildman–Crippen MR) is 237 cm³/mol. The number of fused-ring (bicyclic) bond motifs is 4. The van der Waals surface area contributed by atoms with Crippen molar-refractivity contribution in [3.05, 3.63) is 163 Å². The monoisotopic (exact) mass is 771 g/mol. The Labute approximate surface area is 333 Å². The highest BCUT2D eigenvalue weighted by Crippen LogP contribution is 2.24. The van der Waals surface area contributed by atoms with Crippen molar-refractivity contribution in [1.82, 2.24) is 19.1 Å². The first-order chi connectivity index (χ1) is 25.5. The molecule has 3 N–H and O–H groups in total. The molecule has 7 nitrogen and oxygen atoms in total. The van der Waals surface area contributed by atoms with E-state index in [0.29, 0.717) is 6.54 Å². The van der Waals surface area contributed by atoms with Crippen molar-refractivity contribution < 1.29 is 1.43 Å². The Hall–Kier alpha value is -5.97. The molecule has 54 heavy (non-hydrogen) atoms. The number of para-hydroxylation sites is 5. The summed E-state index contributed by atoms with van der Waals surface area (Å²) in [4.78, 5) is 8.65. The van der Waals surface area contributed by atoms with Gasteiger partial charge in [-0.05, 0) is 76.8 Å². The first kappa shape index (κ1) is 42.4. The zero-order valence-electron chi connectivity index (χ0n) is 28.2. The van der Waals surface area contributed by atoms with Gasteiger partial charge in [-0.25, -0.2) is 4.98 Å². The summed E-state index contributed by atoms with van der Waals surface area (Å²) in [5, 5.41) is 20.9. The van der Waals surface area contributed by atoms with Gasteiger partial charge in [-0.2, -0.15) is 10.5 Å². The van der Waals surface area contributed by atoms with Crippen LogP contribution >= 0.6 is 35.6 Å². The Morgan fingerprint density at radius 2 is 1.26 bits per heavy atom. The number of anilines is 1. The maximum atomic E-state index is 8.53. The van der Waals surface area contributed by atoms with Gasteiger partial charge in [0.15, 0.2) is 0 Å². The zero-order chi connectivity index (χ0) is 36.5. The molecule has 9 aromatic rings. The maximum absolute atomic E-state index is 8.53. The molecule has 4 heterocycles. The largest absolute Gasteiger partial charge is 0.398 e. The molecular weight excluding hydrogens is 726 g/mol. The SMILES string of the molecule is C.C.N#CCCl.N#CCn1ccc2ccccc21.Nc1ccccc1S.[HH].c1ccc2[nH]ccc2c1.c1ccc2c(c1)ccn2Cc1nc2ccccc2s1. The molecule has 0 spiro atoms. The average Bonchev–Trinajstić information content (AvgIpc) is 4.00.